The Morgan fingerprint density at radius 2 is 1.59 bits per heavy atom. The maximum Gasteiger partial charge on any atom is 0.347 e. The van der Waals surface area contributed by atoms with Crippen LogP contribution in [-0.2, 0) is 31.2 Å². The molecule has 0 spiro atoms. The van der Waals surface area contributed by atoms with Gasteiger partial charge in [0.15, 0.2) is 6.29 Å². The normalized spacial score (nSPS) is 15.1. The number of aliphatic hydroxyl groups is 1. The van der Waals surface area contributed by atoms with Crippen LogP contribution < -0.4 is 5.32 Å². The van der Waals surface area contributed by atoms with E-state index in [9.17, 15) is 14.7 Å². The number of likely N-dealkylation sites (tertiary alicyclic amines) is 1. The highest BCUT2D eigenvalue weighted by Crippen LogP contribution is 2.34. The lowest BCUT2D eigenvalue weighted by Gasteiger charge is -2.33. The van der Waals surface area contributed by atoms with E-state index in [0.29, 0.717) is 48.6 Å². The number of piperidine rings is 1. The molecule has 1 amide bonds. The topological polar surface area (TPSA) is 123 Å². The van der Waals surface area contributed by atoms with Crippen LogP contribution in [0.25, 0.3) is 11.3 Å². The minimum Gasteiger partial charge on any atom is -0.463 e. The van der Waals surface area contributed by atoms with Crippen molar-refractivity contribution < 1.29 is 28.9 Å². The zero-order chi connectivity index (χ0) is 34.5. The summed E-state index contributed by atoms with van der Waals surface area (Å²) in [6.45, 7) is 8.11. The summed E-state index contributed by atoms with van der Waals surface area (Å²) in [5, 5.41) is 15.0. The number of hydrogen-bond donors (Lipinski definition) is 2. The van der Waals surface area contributed by atoms with Crippen molar-refractivity contribution in [3.63, 3.8) is 0 Å². The molecule has 1 aliphatic heterocycles. The van der Waals surface area contributed by atoms with E-state index in [0.717, 1.165) is 32.5 Å². The molecule has 1 saturated heterocycles. The van der Waals surface area contributed by atoms with E-state index in [1.165, 1.54) is 11.8 Å². The lowest BCUT2D eigenvalue weighted by molar-refractivity contribution is -0.164. The van der Waals surface area contributed by atoms with E-state index in [4.69, 9.17) is 14.2 Å². The monoisotopic (exact) mass is 666 g/mol. The molecule has 0 unspecified atom stereocenters. The number of carbonyl (C=O) groups excluding carboxylic acids is 2. The predicted octanol–water partition coefficient (Wildman–Crippen LogP) is 5.35. The van der Waals surface area contributed by atoms with Gasteiger partial charge in [0, 0.05) is 43.9 Å². The maximum atomic E-state index is 13.9. The average molecular weight is 667 g/mol. The largest absolute Gasteiger partial charge is 0.463 e. The van der Waals surface area contributed by atoms with Crippen molar-refractivity contribution in [1.82, 2.24) is 20.2 Å². The summed E-state index contributed by atoms with van der Waals surface area (Å²) in [6.07, 6.45) is 4.84. The third-order valence-electron chi connectivity index (χ3n) is 8.71. The Morgan fingerprint density at radius 3 is 2.29 bits per heavy atom. The lowest BCUT2D eigenvalue weighted by Crippen LogP contribution is -2.40. The standard InChI is InChI=1S/C39H46N4O6/c1-3-47-36(48-4-2)18-21-41-37(44)35-26-40-25-34(42-35)31-14-11-17-33(24-31)39(46,32-15-9-6-10-16-32)38(45)49-28-30-19-22-43(23-20-30)27-29-12-7-5-8-13-29/h5-17,24-26,30,36,46H,3-4,18-23,27-28H2,1-2H3,(H,41,44)/t39-/m0/s1. The molecule has 0 saturated carbocycles. The first-order valence-corrected chi connectivity index (χ1v) is 17.1. The minimum absolute atomic E-state index is 0.139. The fourth-order valence-corrected chi connectivity index (χ4v) is 6.03. The molecule has 3 aromatic carbocycles. The zero-order valence-corrected chi connectivity index (χ0v) is 28.3. The summed E-state index contributed by atoms with van der Waals surface area (Å²) < 4.78 is 17.0. The van der Waals surface area contributed by atoms with E-state index in [-0.39, 0.29) is 24.1 Å². The second-order valence-corrected chi connectivity index (χ2v) is 12.1. The smallest absolute Gasteiger partial charge is 0.347 e. The first-order chi connectivity index (χ1) is 23.9. The Morgan fingerprint density at radius 1 is 0.918 bits per heavy atom. The molecule has 1 aromatic heterocycles. The van der Waals surface area contributed by atoms with E-state index in [1.54, 1.807) is 54.7 Å². The number of amides is 1. The Labute approximate surface area is 288 Å². The summed E-state index contributed by atoms with van der Waals surface area (Å²) in [4.78, 5) is 38.0. The van der Waals surface area contributed by atoms with Gasteiger partial charge in [0.25, 0.3) is 5.91 Å². The number of aromatic nitrogens is 2. The summed E-state index contributed by atoms with van der Waals surface area (Å²) >= 11 is 0. The van der Waals surface area contributed by atoms with Gasteiger partial charge in [-0.3, -0.25) is 14.7 Å². The molecule has 258 valence electrons. The lowest BCUT2D eigenvalue weighted by atomic mass is 9.85. The fraction of sp³-hybridized carbons (Fsp3) is 0.385. The predicted molar refractivity (Wildman–Crippen MR) is 186 cm³/mol. The SMILES string of the molecule is CCOC(CCNC(=O)c1cncc(-c2cccc([C@](O)(C(=O)OCC3CCN(Cc4ccccc4)CC3)c3ccccc3)c2)n1)OCC. The molecule has 0 bridgehead atoms. The molecule has 0 aliphatic carbocycles. The highest BCUT2D eigenvalue weighted by atomic mass is 16.7. The summed E-state index contributed by atoms with van der Waals surface area (Å²) in [7, 11) is 0. The van der Waals surface area contributed by atoms with Crippen LogP contribution in [0.5, 0.6) is 0 Å². The van der Waals surface area contributed by atoms with E-state index in [2.05, 4.69) is 44.5 Å². The second-order valence-electron chi connectivity index (χ2n) is 12.1. The minimum atomic E-state index is -2.06. The average Bonchev–Trinajstić information content (AvgIpc) is 3.15. The van der Waals surface area contributed by atoms with Gasteiger partial charge in [-0.25, -0.2) is 9.78 Å². The van der Waals surface area contributed by atoms with Crippen LogP contribution in [0.15, 0.2) is 97.3 Å². The molecule has 2 N–H and O–H groups in total. The first-order valence-electron chi connectivity index (χ1n) is 17.1. The number of carbonyl (C=O) groups is 2. The number of ether oxygens (including phenoxy) is 3. The van der Waals surface area contributed by atoms with Crippen molar-refractivity contribution >= 4 is 11.9 Å². The van der Waals surface area contributed by atoms with Crippen molar-refractivity contribution in [3.8, 4) is 11.3 Å². The Bertz CT molecular complexity index is 1630. The van der Waals surface area contributed by atoms with Crippen LogP contribution >= 0.6 is 0 Å². The number of benzene rings is 3. The molecule has 10 heteroatoms. The molecule has 1 atom stereocenters. The molecule has 1 aliphatic rings. The molecular weight excluding hydrogens is 620 g/mol. The zero-order valence-electron chi connectivity index (χ0n) is 28.3. The van der Waals surface area contributed by atoms with Gasteiger partial charge < -0.3 is 24.6 Å². The van der Waals surface area contributed by atoms with Gasteiger partial charge in [-0.05, 0) is 62.9 Å². The highest BCUT2D eigenvalue weighted by molar-refractivity contribution is 5.92. The van der Waals surface area contributed by atoms with Gasteiger partial charge in [0.1, 0.15) is 5.69 Å². The van der Waals surface area contributed by atoms with Crippen LogP contribution in [-0.4, -0.2) is 77.6 Å². The number of rotatable bonds is 16. The van der Waals surface area contributed by atoms with Gasteiger partial charge in [-0.1, -0.05) is 78.9 Å². The van der Waals surface area contributed by atoms with Crippen molar-refractivity contribution in [2.45, 2.75) is 51.5 Å². The fourth-order valence-electron chi connectivity index (χ4n) is 6.03. The molecule has 0 radical (unpaired) electrons. The summed E-state index contributed by atoms with van der Waals surface area (Å²) in [5.41, 5.74) is 1.08. The van der Waals surface area contributed by atoms with Crippen LogP contribution in [0.3, 0.4) is 0 Å². The number of esters is 1. The van der Waals surface area contributed by atoms with Gasteiger partial charge in [0.05, 0.1) is 24.7 Å². The molecule has 4 aromatic rings. The van der Waals surface area contributed by atoms with Crippen molar-refractivity contribution in [3.05, 3.63) is 120 Å². The maximum absolute atomic E-state index is 13.9. The molecular formula is C39H46N4O6. The number of nitrogens with one attached hydrogen (secondary N) is 1. The van der Waals surface area contributed by atoms with E-state index >= 15 is 0 Å². The Balaban J connectivity index is 1.27. The third kappa shape index (κ3) is 9.57. The Kier molecular flexibility index (Phi) is 13.0. The van der Waals surface area contributed by atoms with Gasteiger partial charge >= 0.3 is 5.97 Å². The van der Waals surface area contributed by atoms with Gasteiger partial charge in [-0.2, -0.15) is 0 Å². The second kappa shape index (κ2) is 17.8. The van der Waals surface area contributed by atoms with Gasteiger partial charge in [-0.15, -0.1) is 0 Å². The summed E-state index contributed by atoms with van der Waals surface area (Å²) in [5.74, 6) is -0.914. The van der Waals surface area contributed by atoms with Gasteiger partial charge in [0.2, 0.25) is 5.60 Å². The van der Waals surface area contributed by atoms with Crippen LogP contribution in [0.4, 0.5) is 0 Å². The molecule has 2 heterocycles. The molecule has 10 nitrogen and oxygen atoms in total. The third-order valence-corrected chi connectivity index (χ3v) is 8.71. The Hall–Kier alpha value is -4.48. The molecule has 5 rings (SSSR count). The van der Waals surface area contributed by atoms with Crippen LogP contribution in [0.2, 0.25) is 0 Å². The van der Waals surface area contributed by atoms with Crippen molar-refractivity contribution in [2.24, 2.45) is 5.92 Å². The van der Waals surface area contributed by atoms with Crippen molar-refractivity contribution in [2.75, 3.05) is 39.5 Å². The first kappa shape index (κ1) is 35.8. The van der Waals surface area contributed by atoms with E-state index in [1.807, 2.05) is 26.0 Å². The molecule has 49 heavy (non-hydrogen) atoms. The highest BCUT2D eigenvalue weighted by Gasteiger charge is 2.42. The number of hydrogen-bond acceptors (Lipinski definition) is 9. The van der Waals surface area contributed by atoms with Crippen LogP contribution in [0.1, 0.15) is 60.3 Å². The van der Waals surface area contributed by atoms with Crippen molar-refractivity contribution in [1.29, 1.82) is 0 Å². The molecule has 1 fully saturated rings. The van der Waals surface area contributed by atoms with Crippen LogP contribution in [0, 0.1) is 5.92 Å². The summed E-state index contributed by atoms with van der Waals surface area (Å²) in [6, 6.07) is 26.1. The quantitative estimate of drug-likeness (QED) is 0.120. The van der Waals surface area contributed by atoms with E-state index < -0.39 is 17.9 Å². The number of nitrogens with zero attached hydrogens (tertiary/aromatic N) is 3.